The Kier molecular flexibility index (Phi) is 6.58. The Hall–Kier alpha value is -2.25. The van der Waals surface area contributed by atoms with Crippen LogP contribution < -0.4 is 5.32 Å². The number of benzene rings is 1. The van der Waals surface area contributed by atoms with Crippen molar-refractivity contribution in [2.24, 2.45) is 5.92 Å². The number of hydrogen-bond donors (Lipinski definition) is 2. The normalized spacial score (nSPS) is 19.1. The van der Waals surface area contributed by atoms with Gasteiger partial charge in [-0.1, -0.05) is 18.6 Å². The van der Waals surface area contributed by atoms with E-state index in [-0.39, 0.29) is 17.6 Å². The lowest BCUT2D eigenvalue weighted by atomic mass is 10.1. The lowest BCUT2D eigenvalue weighted by Gasteiger charge is -2.19. The van der Waals surface area contributed by atoms with Gasteiger partial charge in [-0.3, -0.25) is 4.79 Å². The summed E-state index contributed by atoms with van der Waals surface area (Å²) in [6.45, 7) is 0.595. The quantitative estimate of drug-likeness (QED) is 0.668. The van der Waals surface area contributed by atoms with Gasteiger partial charge in [0.15, 0.2) is 0 Å². The molecular weight excluding hydrogens is 366 g/mol. The molecule has 2 N–H and O–H groups in total. The first-order valence-corrected chi connectivity index (χ1v) is 9.91. The number of methoxy groups -OCH3 is 1. The highest BCUT2D eigenvalue weighted by Gasteiger charge is 2.27. The Bertz CT molecular complexity index is 803. The SMILES string of the molecule is COC1CCCC1CNC(=O)c1ccccc1SCc1occc1C(=O)O. The molecule has 2 atom stereocenters. The van der Waals surface area contributed by atoms with Crippen molar-refractivity contribution in [2.45, 2.75) is 36.0 Å². The largest absolute Gasteiger partial charge is 0.478 e. The van der Waals surface area contributed by atoms with Gasteiger partial charge in [-0.25, -0.2) is 4.79 Å². The molecule has 2 unspecified atom stereocenters. The highest BCUT2D eigenvalue weighted by atomic mass is 32.2. The van der Waals surface area contributed by atoms with Crippen molar-refractivity contribution in [2.75, 3.05) is 13.7 Å². The molecule has 1 aliphatic carbocycles. The van der Waals surface area contributed by atoms with Gasteiger partial charge in [-0.2, -0.15) is 0 Å². The first-order valence-electron chi connectivity index (χ1n) is 8.92. The van der Waals surface area contributed by atoms with E-state index in [0.29, 0.717) is 29.5 Å². The first-order chi connectivity index (χ1) is 13.1. The molecule has 7 heteroatoms. The predicted molar refractivity (Wildman–Crippen MR) is 102 cm³/mol. The fourth-order valence-electron chi connectivity index (χ4n) is 3.43. The number of rotatable bonds is 8. The molecule has 1 heterocycles. The molecule has 1 aromatic carbocycles. The van der Waals surface area contributed by atoms with E-state index in [1.165, 1.54) is 24.1 Å². The Morgan fingerprint density at radius 2 is 2.07 bits per heavy atom. The van der Waals surface area contributed by atoms with Crippen LogP contribution in [0.25, 0.3) is 0 Å². The zero-order chi connectivity index (χ0) is 19.2. The summed E-state index contributed by atoms with van der Waals surface area (Å²) >= 11 is 1.39. The summed E-state index contributed by atoms with van der Waals surface area (Å²) in [5, 5.41) is 12.2. The van der Waals surface area contributed by atoms with Crippen LogP contribution in [0.5, 0.6) is 0 Å². The monoisotopic (exact) mass is 389 g/mol. The number of carbonyl (C=O) groups is 2. The standard InChI is InChI=1S/C20H23NO5S/c1-25-16-7-4-5-13(16)11-21-19(22)15-6-2-3-8-18(15)27-12-17-14(20(23)24)9-10-26-17/h2-3,6,8-10,13,16H,4-5,7,11-12H2,1H3,(H,21,22)(H,23,24). The number of furan rings is 1. The van der Waals surface area contributed by atoms with Crippen molar-refractivity contribution < 1.29 is 23.8 Å². The highest BCUT2D eigenvalue weighted by Crippen LogP contribution is 2.29. The van der Waals surface area contributed by atoms with E-state index in [1.807, 2.05) is 18.2 Å². The van der Waals surface area contributed by atoms with Gasteiger partial charge < -0.3 is 19.6 Å². The molecule has 6 nitrogen and oxygen atoms in total. The van der Waals surface area contributed by atoms with Crippen molar-refractivity contribution >= 4 is 23.6 Å². The maximum Gasteiger partial charge on any atom is 0.339 e. The number of carbonyl (C=O) groups excluding carboxylic acids is 1. The Balaban J connectivity index is 1.63. The zero-order valence-corrected chi connectivity index (χ0v) is 16.0. The molecule has 1 aliphatic rings. The van der Waals surface area contributed by atoms with Gasteiger partial charge in [-0.15, -0.1) is 11.8 Å². The summed E-state index contributed by atoms with van der Waals surface area (Å²) in [6.07, 6.45) is 4.81. The Morgan fingerprint density at radius 1 is 1.26 bits per heavy atom. The van der Waals surface area contributed by atoms with Crippen LogP contribution in [0.3, 0.4) is 0 Å². The van der Waals surface area contributed by atoms with Crippen LogP contribution in [0.1, 0.15) is 45.7 Å². The van der Waals surface area contributed by atoms with E-state index in [0.717, 1.165) is 24.2 Å². The van der Waals surface area contributed by atoms with Crippen molar-refractivity contribution in [1.29, 1.82) is 0 Å². The van der Waals surface area contributed by atoms with Gasteiger partial charge in [0.25, 0.3) is 5.91 Å². The molecule has 0 spiro atoms. The van der Waals surface area contributed by atoms with Gasteiger partial charge in [0.05, 0.1) is 23.7 Å². The molecule has 0 saturated heterocycles. The summed E-state index contributed by atoms with van der Waals surface area (Å²) in [6, 6.07) is 8.75. The fraction of sp³-hybridized carbons (Fsp3) is 0.400. The lowest BCUT2D eigenvalue weighted by Crippen LogP contribution is -2.33. The molecule has 1 fully saturated rings. The van der Waals surface area contributed by atoms with Crippen LogP contribution in [0.2, 0.25) is 0 Å². The number of ether oxygens (including phenoxy) is 1. The minimum atomic E-state index is -1.02. The van der Waals surface area contributed by atoms with Gasteiger partial charge in [-0.05, 0) is 31.0 Å². The predicted octanol–water partition coefficient (Wildman–Crippen LogP) is 3.82. The zero-order valence-electron chi connectivity index (χ0n) is 15.1. The van der Waals surface area contributed by atoms with Crippen molar-refractivity contribution in [3.05, 3.63) is 53.5 Å². The summed E-state index contributed by atoms with van der Waals surface area (Å²) in [5.41, 5.74) is 0.731. The van der Waals surface area contributed by atoms with Crippen LogP contribution in [0, 0.1) is 5.92 Å². The van der Waals surface area contributed by atoms with Crippen LogP contribution in [0.15, 0.2) is 45.9 Å². The van der Waals surface area contributed by atoms with Crippen LogP contribution in [-0.4, -0.2) is 36.7 Å². The number of carboxylic acid groups (broad SMARTS) is 1. The van der Waals surface area contributed by atoms with Crippen LogP contribution in [0.4, 0.5) is 0 Å². The van der Waals surface area contributed by atoms with Crippen LogP contribution in [-0.2, 0) is 10.5 Å². The lowest BCUT2D eigenvalue weighted by molar-refractivity contribution is 0.0680. The maximum absolute atomic E-state index is 12.7. The van der Waals surface area contributed by atoms with Crippen molar-refractivity contribution in [3.8, 4) is 0 Å². The third kappa shape index (κ3) is 4.73. The number of hydrogen-bond acceptors (Lipinski definition) is 5. The minimum Gasteiger partial charge on any atom is -0.478 e. The topological polar surface area (TPSA) is 88.8 Å². The molecule has 2 aromatic rings. The van der Waals surface area contributed by atoms with E-state index < -0.39 is 5.97 Å². The Labute approximate surface area is 162 Å². The molecule has 0 bridgehead atoms. The van der Waals surface area contributed by atoms with E-state index >= 15 is 0 Å². The number of amides is 1. The summed E-state index contributed by atoms with van der Waals surface area (Å²) in [4.78, 5) is 24.6. The molecular formula is C20H23NO5S. The second-order valence-corrected chi connectivity index (χ2v) is 7.54. The van der Waals surface area contributed by atoms with Crippen LogP contribution >= 0.6 is 11.8 Å². The number of nitrogens with one attached hydrogen (secondary N) is 1. The summed E-state index contributed by atoms with van der Waals surface area (Å²) < 4.78 is 10.8. The van der Waals surface area contributed by atoms with E-state index in [9.17, 15) is 9.59 Å². The third-order valence-corrected chi connectivity index (χ3v) is 5.96. The van der Waals surface area contributed by atoms with Gasteiger partial charge in [0.2, 0.25) is 0 Å². The molecule has 1 saturated carbocycles. The molecule has 1 amide bonds. The average Bonchev–Trinajstić information content (AvgIpc) is 3.33. The van der Waals surface area contributed by atoms with Gasteiger partial charge in [0, 0.05) is 24.5 Å². The third-order valence-electron chi connectivity index (χ3n) is 4.88. The number of thioether (sulfide) groups is 1. The smallest absolute Gasteiger partial charge is 0.339 e. The summed E-state index contributed by atoms with van der Waals surface area (Å²) in [5.74, 6) is -0.0724. The Morgan fingerprint density at radius 3 is 2.85 bits per heavy atom. The number of carboxylic acids is 1. The van der Waals surface area contributed by atoms with Crippen molar-refractivity contribution in [3.63, 3.8) is 0 Å². The second-order valence-electron chi connectivity index (χ2n) is 6.52. The summed E-state index contributed by atoms with van der Waals surface area (Å²) in [7, 11) is 1.72. The first kappa shape index (κ1) is 19.5. The average molecular weight is 389 g/mol. The van der Waals surface area contributed by atoms with E-state index in [4.69, 9.17) is 14.3 Å². The molecule has 144 valence electrons. The maximum atomic E-state index is 12.7. The molecule has 0 aliphatic heterocycles. The number of aromatic carboxylic acids is 1. The highest BCUT2D eigenvalue weighted by molar-refractivity contribution is 7.98. The minimum absolute atomic E-state index is 0.127. The molecule has 0 radical (unpaired) electrons. The fourth-order valence-corrected chi connectivity index (χ4v) is 4.43. The van der Waals surface area contributed by atoms with E-state index in [1.54, 1.807) is 13.2 Å². The van der Waals surface area contributed by atoms with Gasteiger partial charge >= 0.3 is 5.97 Å². The molecule has 3 rings (SSSR count). The second kappa shape index (κ2) is 9.10. The molecule has 1 aromatic heterocycles. The van der Waals surface area contributed by atoms with E-state index in [2.05, 4.69) is 5.32 Å². The van der Waals surface area contributed by atoms with Crippen molar-refractivity contribution in [1.82, 2.24) is 5.32 Å². The van der Waals surface area contributed by atoms with Gasteiger partial charge in [0.1, 0.15) is 11.3 Å². The molecule has 27 heavy (non-hydrogen) atoms.